The number of phenolic OH excluding ortho intramolecular Hbond substituents is 1. The van der Waals surface area contributed by atoms with Crippen LogP contribution >= 0.6 is 7.82 Å². The van der Waals surface area contributed by atoms with Crippen LogP contribution in [0.1, 0.15) is 54.0 Å². The largest absolute Gasteiger partial charge is 0.524 e. The van der Waals surface area contributed by atoms with E-state index < -0.39 is 53.1 Å². The van der Waals surface area contributed by atoms with Gasteiger partial charge in [-0.1, -0.05) is 24.6 Å². The lowest BCUT2D eigenvalue weighted by Crippen LogP contribution is -2.61. The Labute approximate surface area is 194 Å². The van der Waals surface area contributed by atoms with E-state index in [4.69, 9.17) is 9.26 Å². The number of phosphoric acid groups is 1. The first kappa shape index (κ1) is 22.6. The summed E-state index contributed by atoms with van der Waals surface area (Å²) in [6.07, 6.45) is 6.74. The van der Waals surface area contributed by atoms with Crippen LogP contribution in [0.15, 0.2) is 35.5 Å². The highest BCUT2D eigenvalue weighted by atomic mass is 31.2. The first-order chi connectivity index (χ1) is 15.6. The maximum Gasteiger partial charge on any atom is 0.524 e. The minimum Gasteiger partial charge on any atom is -0.504 e. The Balaban J connectivity index is 1.88. The van der Waals surface area contributed by atoms with E-state index in [2.05, 4.69) is 5.32 Å². The molecule has 0 fully saturated rings. The smallest absolute Gasteiger partial charge is 0.504 e. The average Bonchev–Trinajstić information content (AvgIpc) is 3.02. The molecule has 0 aromatic heterocycles. The molecule has 1 aromatic carbocycles. The van der Waals surface area contributed by atoms with Crippen LogP contribution in [0.25, 0.3) is 0 Å². The fourth-order valence-corrected chi connectivity index (χ4v) is 5.91. The van der Waals surface area contributed by atoms with Crippen molar-refractivity contribution in [3.63, 3.8) is 0 Å². The number of phosphoric ester groups is 1. The molecule has 10 nitrogen and oxygen atoms in total. The van der Waals surface area contributed by atoms with Gasteiger partial charge in [0.2, 0.25) is 0 Å². The predicted octanol–water partition coefficient (Wildman–Crippen LogP) is 2.48. The topological polar surface area (TPSA) is 159 Å². The van der Waals surface area contributed by atoms with Crippen LogP contribution in [0.2, 0.25) is 0 Å². The zero-order chi connectivity index (χ0) is 25.0. The molecular formula is C23H22NO9P. The Morgan fingerprint density at radius 2 is 1.74 bits per heavy atom. The van der Waals surface area contributed by atoms with Crippen molar-refractivity contribution in [3.05, 3.63) is 52.1 Å². The average molecular weight is 487 g/mol. The summed E-state index contributed by atoms with van der Waals surface area (Å²) in [5.74, 6) is -3.52. The van der Waals surface area contributed by atoms with Crippen LogP contribution in [0.5, 0.6) is 17.2 Å². The van der Waals surface area contributed by atoms with E-state index >= 15 is 0 Å². The Bertz CT molecular complexity index is 1380. The van der Waals surface area contributed by atoms with Crippen molar-refractivity contribution in [1.82, 2.24) is 5.32 Å². The molecule has 2 aliphatic carbocycles. The number of phenols is 1. The molecule has 1 aromatic rings. The van der Waals surface area contributed by atoms with E-state index in [1.165, 1.54) is 6.08 Å². The number of ether oxygens (including phenoxy) is 1. The van der Waals surface area contributed by atoms with Crippen molar-refractivity contribution in [3.8, 4) is 17.2 Å². The fraction of sp³-hybridized carbons (Fsp3) is 0.348. The minimum atomic E-state index is -5.17. The summed E-state index contributed by atoms with van der Waals surface area (Å²) in [6, 6.07) is 0. The summed E-state index contributed by atoms with van der Waals surface area (Å²) in [5.41, 5.74) is -2.33. The Morgan fingerprint density at radius 1 is 1.09 bits per heavy atom. The summed E-state index contributed by atoms with van der Waals surface area (Å²) in [7, 11) is -5.17. The maximum atomic E-state index is 12.8. The summed E-state index contributed by atoms with van der Waals surface area (Å²) < 4.78 is 23.1. The molecule has 0 bridgehead atoms. The Kier molecular flexibility index (Phi) is 4.30. The van der Waals surface area contributed by atoms with Crippen LogP contribution in [-0.4, -0.2) is 38.1 Å². The molecular weight excluding hydrogens is 465 g/mol. The number of hydrogen-bond acceptors (Lipinski definition) is 7. The minimum absolute atomic E-state index is 0.0221. The lowest BCUT2D eigenvalue weighted by Gasteiger charge is -2.57. The van der Waals surface area contributed by atoms with Crippen LogP contribution in [0.4, 0.5) is 0 Å². The second-order valence-electron chi connectivity index (χ2n) is 9.70. The second kappa shape index (κ2) is 6.47. The number of amides is 2. The van der Waals surface area contributed by atoms with Crippen molar-refractivity contribution in [2.75, 3.05) is 0 Å². The van der Waals surface area contributed by atoms with Crippen molar-refractivity contribution in [2.24, 2.45) is 10.8 Å². The summed E-state index contributed by atoms with van der Waals surface area (Å²) >= 11 is 0. The van der Waals surface area contributed by atoms with Crippen LogP contribution in [0, 0.1) is 10.8 Å². The number of nitrogens with one attached hydrogen (secondary N) is 1. The molecule has 4 aliphatic rings. The first-order valence-electron chi connectivity index (χ1n) is 10.5. The van der Waals surface area contributed by atoms with Gasteiger partial charge in [-0.05, 0) is 44.9 Å². The molecule has 2 heterocycles. The van der Waals surface area contributed by atoms with Crippen LogP contribution in [0.3, 0.4) is 0 Å². The summed E-state index contributed by atoms with van der Waals surface area (Å²) in [5, 5.41) is 12.9. The zero-order valence-corrected chi connectivity index (χ0v) is 19.6. The number of rotatable bonds is 2. The number of fused-ring (bicyclic) bond motifs is 3. The van der Waals surface area contributed by atoms with Crippen molar-refractivity contribution in [1.29, 1.82) is 0 Å². The first-order valence-corrected chi connectivity index (χ1v) is 12.0. The van der Waals surface area contributed by atoms with E-state index in [0.717, 1.165) is 5.57 Å². The standard InChI is InChI=1S/C23H22NO9P/c1-10-5-6-12-21(2,3)13(25)7-8-23(12)22(10,4)9-11-17(32-23)15-14(19(27)24-20(15)28)16(26)18(11)33-34(29,30)31/h5-8,26H,9H2,1-4H3,(H,24,27,28)(H2,29,30,31). The Hall–Kier alpha value is -3.20. The van der Waals surface area contributed by atoms with Gasteiger partial charge in [0.25, 0.3) is 11.8 Å². The molecule has 0 saturated heterocycles. The van der Waals surface area contributed by atoms with Gasteiger partial charge in [-0.15, -0.1) is 0 Å². The summed E-state index contributed by atoms with van der Waals surface area (Å²) in [4.78, 5) is 56.9. The highest BCUT2D eigenvalue weighted by Gasteiger charge is 2.63. The molecule has 11 heteroatoms. The van der Waals surface area contributed by atoms with Crippen molar-refractivity contribution < 1.29 is 43.1 Å². The van der Waals surface area contributed by atoms with Gasteiger partial charge >= 0.3 is 7.82 Å². The van der Waals surface area contributed by atoms with Crippen molar-refractivity contribution >= 4 is 25.4 Å². The molecule has 4 N–H and O–H groups in total. The molecule has 2 unspecified atom stereocenters. The predicted molar refractivity (Wildman–Crippen MR) is 118 cm³/mol. The van der Waals surface area contributed by atoms with E-state index in [1.54, 1.807) is 19.9 Å². The van der Waals surface area contributed by atoms with E-state index in [1.807, 2.05) is 26.0 Å². The van der Waals surface area contributed by atoms with Crippen LogP contribution < -0.4 is 14.6 Å². The SMILES string of the molecule is CC1=CC=C2C(C)(C)C(=O)C=CC23Oc2c(c(OP(=O)(O)O)c(O)c4c2C(=O)NC4=O)CC13C. The van der Waals surface area contributed by atoms with Gasteiger partial charge in [-0.25, -0.2) is 4.57 Å². The number of aromatic hydroxyl groups is 1. The number of benzene rings is 1. The number of allylic oxidation sites excluding steroid dienone is 3. The molecule has 5 rings (SSSR count). The Morgan fingerprint density at radius 3 is 2.38 bits per heavy atom. The van der Waals surface area contributed by atoms with E-state index in [9.17, 15) is 33.8 Å². The molecule has 0 saturated carbocycles. The van der Waals surface area contributed by atoms with E-state index in [0.29, 0.717) is 5.57 Å². The maximum absolute atomic E-state index is 12.8. The third-order valence-electron chi connectivity index (χ3n) is 7.51. The number of imide groups is 1. The molecule has 178 valence electrons. The monoisotopic (exact) mass is 487 g/mol. The molecule has 2 amide bonds. The normalized spacial score (nSPS) is 28.6. The molecule has 2 atom stereocenters. The van der Waals surface area contributed by atoms with Crippen LogP contribution in [-0.2, 0) is 15.8 Å². The molecule has 1 spiro atoms. The van der Waals surface area contributed by atoms with Gasteiger partial charge in [0.1, 0.15) is 11.3 Å². The number of hydrogen-bond donors (Lipinski definition) is 4. The van der Waals surface area contributed by atoms with Gasteiger partial charge in [0.05, 0.1) is 11.0 Å². The number of carbonyl (C=O) groups is 3. The van der Waals surface area contributed by atoms with Gasteiger partial charge < -0.3 is 14.4 Å². The summed E-state index contributed by atoms with van der Waals surface area (Å²) in [6.45, 7) is 7.25. The highest BCUT2D eigenvalue weighted by Crippen LogP contribution is 2.63. The van der Waals surface area contributed by atoms with E-state index in [-0.39, 0.29) is 29.1 Å². The molecule has 0 radical (unpaired) electrons. The van der Waals surface area contributed by atoms with Gasteiger partial charge in [-0.3, -0.25) is 29.5 Å². The molecule has 2 aliphatic heterocycles. The fourth-order valence-electron chi connectivity index (χ4n) is 5.47. The van der Waals surface area contributed by atoms with Gasteiger partial charge in [-0.2, -0.15) is 0 Å². The van der Waals surface area contributed by atoms with Gasteiger partial charge in [0.15, 0.2) is 22.9 Å². The van der Waals surface area contributed by atoms with Crippen molar-refractivity contribution in [2.45, 2.75) is 39.7 Å². The number of ketones is 1. The number of carbonyl (C=O) groups excluding carboxylic acids is 3. The molecule has 34 heavy (non-hydrogen) atoms. The quantitative estimate of drug-likeness (QED) is 0.363. The highest BCUT2D eigenvalue weighted by molar-refractivity contribution is 7.46. The third kappa shape index (κ3) is 2.64. The van der Waals surface area contributed by atoms with Gasteiger partial charge in [0, 0.05) is 11.0 Å². The third-order valence-corrected chi connectivity index (χ3v) is 7.93. The lowest BCUT2D eigenvalue weighted by atomic mass is 9.52. The zero-order valence-electron chi connectivity index (χ0n) is 18.8. The lowest BCUT2D eigenvalue weighted by molar-refractivity contribution is -0.123. The second-order valence-corrected chi connectivity index (χ2v) is 10.9.